The Balaban J connectivity index is 2.31. The molecule has 0 saturated heterocycles. The first kappa shape index (κ1) is 14.1. The standard InChI is InChI=1S/C13H9F2NO3S/c1-6-4-7(9(15)5-8(6)14)12(17)16-10-2-3-20-11(10)13(18)19/h2-5H,1H3,(H,16,17)(H,18,19). The number of carboxylic acid groups (broad SMARTS) is 1. The molecule has 1 heterocycles. The Morgan fingerprint density at radius 1 is 1.25 bits per heavy atom. The van der Waals surface area contributed by atoms with E-state index in [9.17, 15) is 18.4 Å². The van der Waals surface area contributed by atoms with Gasteiger partial charge in [-0.2, -0.15) is 0 Å². The molecular weight excluding hydrogens is 288 g/mol. The zero-order chi connectivity index (χ0) is 14.9. The Labute approximate surface area is 116 Å². The van der Waals surface area contributed by atoms with Crippen molar-refractivity contribution in [3.63, 3.8) is 0 Å². The summed E-state index contributed by atoms with van der Waals surface area (Å²) in [5.41, 5.74) is -0.138. The minimum absolute atomic E-state index is 0.0578. The van der Waals surface area contributed by atoms with Crippen LogP contribution in [0.15, 0.2) is 23.6 Å². The molecule has 0 radical (unpaired) electrons. The summed E-state index contributed by atoms with van der Waals surface area (Å²) < 4.78 is 26.7. The van der Waals surface area contributed by atoms with Crippen molar-refractivity contribution in [3.8, 4) is 0 Å². The number of carbonyl (C=O) groups is 2. The van der Waals surface area contributed by atoms with Crippen LogP contribution in [-0.4, -0.2) is 17.0 Å². The molecule has 4 nitrogen and oxygen atoms in total. The summed E-state index contributed by atoms with van der Waals surface area (Å²) >= 11 is 0.937. The maximum atomic E-state index is 13.6. The summed E-state index contributed by atoms with van der Waals surface area (Å²) in [6.07, 6.45) is 0. The molecular formula is C13H9F2NO3S. The Kier molecular flexibility index (Phi) is 3.80. The highest BCUT2D eigenvalue weighted by atomic mass is 32.1. The molecule has 104 valence electrons. The van der Waals surface area contributed by atoms with E-state index in [4.69, 9.17) is 5.11 Å². The van der Waals surface area contributed by atoms with Crippen LogP contribution in [0.2, 0.25) is 0 Å². The molecule has 1 aromatic heterocycles. The lowest BCUT2D eigenvalue weighted by molar-refractivity contribution is 0.0703. The third kappa shape index (κ3) is 2.67. The number of nitrogens with one attached hydrogen (secondary N) is 1. The van der Waals surface area contributed by atoms with Crippen molar-refractivity contribution in [2.75, 3.05) is 5.32 Å². The van der Waals surface area contributed by atoms with E-state index in [1.54, 1.807) is 0 Å². The molecule has 2 rings (SSSR count). The fourth-order valence-electron chi connectivity index (χ4n) is 1.59. The Morgan fingerprint density at radius 3 is 2.60 bits per heavy atom. The highest BCUT2D eigenvalue weighted by molar-refractivity contribution is 7.12. The van der Waals surface area contributed by atoms with Crippen LogP contribution in [0.4, 0.5) is 14.5 Å². The zero-order valence-corrected chi connectivity index (χ0v) is 11.1. The predicted molar refractivity (Wildman–Crippen MR) is 70.3 cm³/mol. The number of halogens is 2. The third-order valence-corrected chi connectivity index (χ3v) is 3.50. The number of aromatic carboxylic acids is 1. The van der Waals surface area contributed by atoms with Crippen molar-refractivity contribution < 1.29 is 23.5 Å². The molecule has 2 N–H and O–H groups in total. The number of amides is 1. The number of hydrogen-bond acceptors (Lipinski definition) is 3. The van der Waals surface area contributed by atoms with Gasteiger partial charge in [-0.15, -0.1) is 11.3 Å². The number of aryl methyl sites for hydroxylation is 1. The van der Waals surface area contributed by atoms with Crippen molar-refractivity contribution in [3.05, 3.63) is 51.2 Å². The highest BCUT2D eigenvalue weighted by Gasteiger charge is 2.18. The Hall–Kier alpha value is -2.28. The molecule has 20 heavy (non-hydrogen) atoms. The lowest BCUT2D eigenvalue weighted by atomic mass is 10.1. The summed E-state index contributed by atoms with van der Waals surface area (Å²) in [4.78, 5) is 22.8. The maximum Gasteiger partial charge on any atom is 0.348 e. The maximum absolute atomic E-state index is 13.6. The smallest absolute Gasteiger partial charge is 0.348 e. The molecule has 0 aliphatic carbocycles. The number of hydrogen-bond donors (Lipinski definition) is 2. The molecule has 0 spiro atoms. The first-order valence-electron chi connectivity index (χ1n) is 5.48. The van der Waals surface area contributed by atoms with E-state index < -0.39 is 23.5 Å². The van der Waals surface area contributed by atoms with Gasteiger partial charge in [0.25, 0.3) is 5.91 Å². The van der Waals surface area contributed by atoms with Crippen molar-refractivity contribution in [2.24, 2.45) is 0 Å². The second-order valence-corrected chi connectivity index (χ2v) is 4.92. The van der Waals surface area contributed by atoms with E-state index in [0.717, 1.165) is 17.4 Å². The SMILES string of the molecule is Cc1cc(C(=O)Nc2ccsc2C(=O)O)c(F)cc1F. The van der Waals surface area contributed by atoms with Crippen LogP contribution < -0.4 is 5.32 Å². The summed E-state index contributed by atoms with van der Waals surface area (Å²) in [6, 6.07) is 3.10. The van der Waals surface area contributed by atoms with Crippen molar-refractivity contribution in [1.29, 1.82) is 0 Å². The highest BCUT2D eigenvalue weighted by Crippen LogP contribution is 2.23. The van der Waals surface area contributed by atoms with Gasteiger partial charge >= 0.3 is 5.97 Å². The van der Waals surface area contributed by atoms with Gasteiger partial charge in [0, 0.05) is 6.07 Å². The van der Waals surface area contributed by atoms with Gasteiger partial charge in [0.1, 0.15) is 16.5 Å². The quantitative estimate of drug-likeness (QED) is 0.913. The third-order valence-electron chi connectivity index (χ3n) is 2.60. The van der Waals surface area contributed by atoms with Crippen LogP contribution >= 0.6 is 11.3 Å². The lowest BCUT2D eigenvalue weighted by Crippen LogP contribution is -2.15. The van der Waals surface area contributed by atoms with E-state index in [-0.39, 0.29) is 21.7 Å². The molecule has 0 bridgehead atoms. The minimum Gasteiger partial charge on any atom is -0.477 e. The monoisotopic (exact) mass is 297 g/mol. The van der Waals surface area contributed by atoms with Gasteiger partial charge in [0.05, 0.1) is 11.3 Å². The largest absolute Gasteiger partial charge is 0.477 e. The molecule has 0 aliphatic heterocycles. The number of carboxylic acids is 1. The molecule has 0 atom stereocenters. The van der Waals surface area contributed by atoms with E-state index in [0.29, 0.717) is 6.07 Å². The molecule has 0 fully saturated rings. The number of anilines is 1. The summed E-state index contributed by atoms with van der Waals surface area (Å²) in [7, 11) is 0. The van der Waals surface area contributed by atoms with E-state index in [2.05, 4.69) is 5.32 Å². The average Bonchev–Trinajstić information content (AvgIpc) is 2.81. The summed E-state index contributed by atoms with van der Waals surface area (Å²) in [5, 5.41) is 12.7. The minimum atomic E-state index is -1.19. The van der Waals surface area contributed by atoms with E-state index in [1.165, 1.54) is 18.4 Å². The van der Waals surface area contributed by atoms with Gasteiger partial charge < -0.3 is 10.4 Å². The molecule has 7 heteroatoms. The molecule has 0 saturated carbocycles. The summed E-state index contributed by atoms with van der Waals surface area (Å²) in [6.45, 7) is 1.40. The molecule has 0 aliphatic rings. The first-order valence-corrected chi connectivity index (χ1v) is 6.36. The fourth-order valence-corrected chi connectivity index (χ4v) is 2.28. The molecule has 2 aromatic rings. The van der Waals surface area contributed by atoms with Gasteiger partial charge in [-0.1, -0.05) is 0 Å². The number of benzene rings is 1. The number of thiophene rings is 1. The van der Waals surface area contributed by atoms with Gasteiger partial charge in [0.15, 0.2) is 0 Å². The van der Waals surface area contributed by atoms with Gasteiger partial charge in [-0.05, 0) is 30.0 Å². The summed E-state index contributed by atoms with van der Waals surface area (Å²) in [5.74, 6) is -3.77. The van der Waals surface area contributed by atoms with Crippen molar-refractivity contribution in [2.45, 2.75) is 6.92 Å². The normalized spacial score (nSPS) is 10.3. The van der Waals surface area contributed by atoms with Crippen LogP contribution in [0.25, 0.3) is 0 Å². The van der Waals surface area contributed by atoms with Gasteiger partial charge in [-0.3, -0.25) is 4.79 Å². The second-order valence-electron chi connectivity index (χ2n) is 4.00. The van der Waals surface area contributed by atoms with Crippen LogP contribution in [0, 0.1) is 18.6 Å². The van der Waals surface area contributed by atoms with Gasteiger partial charge in [-0.25, -0.2) is 13.6 Å². The average molecular weight is 297 g/mol. The van der Waals surface area contributed by atoms with Crippen molar-refractivity contribution in [1.82, 2.24) is 0 Å². The van der Waals surface area contributed by atoms with Crippen LogP contribution in [0.1, 0.15) is 25.6 Å². The molecule has 1 aromatic carbocycles. The van der Waals surface area contributed by atoms with Crippen LogP contribution in [0.3, 0.4) is 0 Å². The predicted octanol–water partition coefficient (Wildman–Crippen LogP) is 3.29. The number of rotatable bonds is 3. The van der Waals surface area contributed by atoms with Crippen LogP contribution in [-0.2, 0) is 0 Å². The topological polar surface area (TPSA) is 66.4 Å². The van der Waals surface area contributed by atoms with E-state index >= 15 is 0 Å². The Bertz CT molecular complexity index is 697. The first-order chi connectivity index (χ1) is 9.40. The molecule has 1 amide bonds. The second kappa shape index (κ2) is 5.38. The Morgan fingerprint density at radius 2 is 1.95 bits per heavy atom. The lowest BCUT2D eigenvalue weighted by Gasteiger charge is -2.07. The zero-order valence-electron chi connectivity index (χ0n) is 10.2. The van der Waals surface area contributed by atoms with Crippen LogP contribution in [0.5, 0.6) is 0 Å². The molecule has 0 unspecified atom stereocenters. The van der Waals surface area contributed by atoms with E-state index in [1.807, 2.05) is 0 Å². The number of carbonyl (C=O) groups excluding carboxylic acids is 1. The van der Waals surface area contributed by atoms with Crippen molar-refractivity contribution >= 4 is 28.9 Å². The fraction of sp³-hybridized carbons (Fsp3) is 0.0769. The van der Waals surface area contributed by atoms with Gasteiger partial charge in [0.2, 0.25) is 0 Å².